The molecule has 7 heteroatoms. The summed E-state index contributed by atoms with van der Waals surface area (Å²) < 4.78 is 5.49. The molecule has 1 aliphatic heterocycles. The molecule has 29 heavy (non-hydrogen) atoms. The molecular weight excluding hydrogens is 477 g/mol. The molecule has 1 aromatic rings. The molecule has 6 nitrogen and oxygen atoms in total. The number of ether oxygens (including phenoxy) is 1. The fourth-order valence-electron chi connectivity index (χ4n) is 3.66. The SMILES string of the molecule is CCNC(=NCC(C)CN1CCN(CC)CC1)N(C)Cc1ccccc1OC.I. The molecule has 1 heterocycles. The van der Waals surface area contributed by atoms with Crippen LogP contribution in [0.4, 0.5) is 0 Å². The second-order valence-corrected chi connectivity index (χ2v) is 7.70. The van der Waals surface area contributed by atoms with Crippen molar-refractivity contribution < 1.29 is 4.74 Å². The molecule has 0 aliphatic carbocycles. The van der Waals surface area contributed by atoms with Crippen molar-refractivity contribution in [1.29, 1.82) is 0 Å². The van der Waals surface area contributed by atoms with E-state index in [1.807, 2.05) is 12.1 Å². The lowest BCUT2D eigenvalue weighted by Crippen LogP contribution is -2.47. The highest BCUT2D eigenvalue weighted by Gasteiger charge is 2.17. The third-order valence-corrected chi connectivity index (χ3v) is 5.33. The lowest BCUT2D eigenvalue weighted by molar-refractivity contribution is 0.125. The van der Waals surface area contributed by atoms with Gasteiger partial charge in [0.1, 0.15) is 5.75 Å². The van der Waals surface area contributed by atoms with Crippen LogP contribution in [-0.4, -0.2) is 87.2 Å². The van der Waals surface area contributed by atoms with Crippen LogP contribution in [0.2, 0.25) is 0 Å². The van der Waals surface area contributed by atoms with Crippen LogP contribution in [0.5, 0.6) is 5.75 Å². The van der Waals surface area contributed by atoms with Gasteiger partial charge in [0, 0.05) is 65.0 Å². The molecule has 1 atom stereocenters. The van der Waals surface area contributed by atoms with Crippen molar-refractivity contribution in [2.45, 2.75) is 27.3 Å². The summed E-state index contributed by atoms with van der Waals surface area (Å²) >= 11 is 0. The van der Waals surface area contributed by atoms with Gasteiger partial charge in [-0.1, -0.05) is 32.0 Å². The number of likely N-dealkylation sites (N-methyl/N-ethyl adjacent to an activating group) is 1. The van der Waals surface area contributed by atoms with Crippen LogP contribution in [0.15, 0.2) is 29.3 Å². The number of benzene rings is 1. The van der Waals surface area contributed by atoms with Gasteiger partial charge in [0.05, 0.1) is 7.11 Å². The minimum absolute atomic E-state index is 0. The highest BCUT2D eigenvalue weighted by molar-refractivity contribution is 14.0. The van der Waals surface area contributed by atoms with Crippen LogP contribution in [0, 0.1) is 5.92 Å². The van der Waals surface area contributed by atoms with E-state index in [1.165, 1.54) is 31.7 Å². The van der Waals surface area contributed by atoms with Gasteiger partial charge in [0.2, 0.25) is 0 Å². The molecule has 1 unspecified atom stereocenters. The van der Waals surface area contributed by atoms with Gasteiger partial charge < -0.3 is 24.8 Å². The van der Waals surface area contributed by atoms with Gasteiger partial charge in [0.25, 0.3) is 0 Å². The Bertz CT molecular complexity index is 605. The number of halogens is 1. The molecule has 0 spiro atoms. The number of methoxy groups -OCH3 is 1. The maximum atomic E-state index is 5.49. The Morgan fingerprint density at radius 1 is 1.17 bits per heavy atom. The molecule has 0 aromatic heterocycles. The van der Waals surface area contributed by atoms with Crippen molar-refractivity contribution in [3.63, 3.8) is 0 Å². The summed E-state index contributed by atoms with van der Waals surface area (Å²) in [5, 5.41) is 3.43. The Balaban J connectivity index is 0.00000420. The van der Waals surface area contributed by atoms with Gasteiger partial charge in [0.15, 0.2) is 5.96 Å². The minimum Gasteiger partial charge on any atom is -0.496 e. The van der Waals surface area contributed by atoms with Gasteiger partial charge in [-0.05, 0) is 25.5 Å². The fourth-order valence-corrected chi connectivity index (χ4v) is 3.66. The number of piperazine rings is 1. The van der Waals surface area contributed by atoms with Gasteiger partial charge >= 0.3 is 0 Å². The summed E-state index contributed by atoms with van der Waals surface area (Å²) in [6.45, 7) is 16.2. The number of aliphatic imine (C=N–C) groups is 1. The predicted molar refractivity (Wildman–Crippen MR) is 134 cm³/mol. The smallest absolute Gasteiger partial charge is 0.193 e. The second-order valence-electron chi connectivity index (χ2n) is 7.70. The molecule has 1 fully saturated rings. The first-order chi connectivity index (χ1) is 13.6. The average Bonchev–Trinajstić information content (AvgIpc) is 2.72. The van der Waals surface area contributed by atoms with Crippen molar-refractivity contribution in [1.82, 2.24) is 20.0 Å². The number of guanidine groups is 1. The van der Waals surface area contributed by atoms with Crippen LogP contribution >= 0.6 is 24.0 Å². The van der Waals surface area contributed by atoms with Crippen LogP contribution in [0.3, 0.4) is 0 Å². The van der Waals surface area contributed by atoms with E-state index in [2.05, 4.69) is 60.0 Å². The van der Waals surface area contributed by atoms with E-state index in [-0.39, 0.29) is 24.0 Å². The van der Waals surface area contributed by atoms with E-state index in [0.717, 1.165) is 44.4 Å². The Labute approximate surface area is 194 Å². The maximum absolute atomic E-state index is 5.49. The molecule has 1 N–H and O–H groups in total. The van der Waals surface area contributed by atoms with Crippen molar-refractivity contribution in [3.8, 4) is 5.75 Å². The minimum atomic E-state index is 0. The monoisotopic (exact) mass is 517 g/mol. The van der Waals surface area contributed by atoms with E-state index in [1.54, 1.807) is 7.11 Å². The zero-order valence-electron chi connectivity index (χ0n) is 18.9. The molecule has 0 radical (unpaired) electrons. The lowest BCUT2D eigenvalue weighted by Gasteiger charge is -2.35. The Hall–Kier alpha value is -1.06. The van der Waals surface area contributed by atoms with E-state index in [9.17, 15) is 0 Å². The van der Waals surface area contributed by atoms with E-state index < -0.39 is 0 Å². The molecule has 0 bridgehead atoms. The van der Waals surface area contributed by atoms with Gasteiger partial charge in [-0.2, -0.15) is 0 Å². The topological polar surface area (TPSA) is 43.3 Å². The van der Waals surface area contributed by atoms with Crippen molar-refractivity contribution >= 4 is 29.9 Å². The first-order valence-electron chi connectivity index (χ1n) is 10.6. The average molecular weight is 518 g/mol. The summed E-state index contributed by atoms with van der Waals surface area (Å²) in [7, 11) is 3.81. The van der Waals surface area contributed by atoms with Gasteiger partial charge in [-0.25, -0.2) is 0 Å². The van der Waals surface area contributed by atoms with Crippen molar-refractivity contribution in [3.05, 3.63) is 29.8 Å². The summed E-state index contributed by atoms with van der Waals surface area (Å²) in [5.74, 6) is 2.42. The lowest BCUT2D eigenvalue weighted by atomic mass is 10.1. The highest BCUT2D eigenvalue weighted by Crippen LogP contribution is 2.18. The maximum Gasteiger partial charge on any atom is 0.193 e. The molecular formula is C22H40IN5O. The number of nitrogens with zero attached hydrogens (tertiary/aromatic N) is 4. The summed E-state index contributed by atoms with van der Waals surface area (Å²) in [4.78, 5) is 12.2. The molecule has 166 valence electrons. The summed E-state index contributed by atoms with van der Waals surface area (Å²) in [6, 6.07) is 8.17. The highest BCUT2D eigenvalue weighted by atomic mass is 127. The number of para-hydroxylation sites is 1. The Morgan fingerprint density at radius 3 is 2.45 bits per heavy atom. The predicted octanol–water partition coefficient (Wildman–Crippen LogP) is 2.98. The standard InChI is InChI=1S/C22H39N5O.HI/c1-6-23-22(25(4)18-20-10-8-9-11-21(20)28-5)24-16-19(3)17-27-14-12-26(7-2)13-15-27;/h8-11,19H,6-7,12-18H2,1-5H3,(H,23,24);1H. The molecule has 1 aromatic carbocycles. The van der Waals surface area contributed by atoms with Gasteiger partial charge in [-0.15, -0.1) is 24.0 Å². The number of hydrogen-bond acceptors (Lipinski definition) is 4. The van der Waals surface area contributed by atoms with Crippen LogP contribution in [-0.2, 0) is 6.54 Å². The van der Waals surface area contributed by atoms with Crippen LogP contribution < -0.4 is 10.1 Å². The summed E-state index contributed by atoms with van der Waals surface area (Å²) in [6.07, 6.45) is 0. The van der Waals surface area contributed by atoms with E-state index in [0.29, 0.717) is 5.92 Å². The van der Waals surface area contributed by atoms with Crippen molar-refractivity contribution in [2.75, 3.05) is 66.5 Å². The number of rotatable bonds is 9. The Kier molecular flexibility index (Phi) is 12.6. The van der Waals surface area contributed by atoms with E-state index >= 15 is 0 Å². The largest absolute Gasteiger partial charge is 0.496 e. The third kappa shape index (κ3) is 8.68. The molecule has 1 saturated heterocycles. The van der Waals surface area contributed by atoms with Crippen molar-refractivity contribution in [2.24, 2.45) is 10.9 Å². The first kappa shape index (κ1) is 26.0. The zero-order valence-corrected chi connectivity index (χ0v) is 21.2. The third-order valence-electron chi connectivity index (χ3n) is 5.33. The molecule has 0 saturated carbocycles. The molecule has 1 aliphatic rings. The quantitative estimate of drug-likeness (QED) is 0.310. The zero-order chi connectivity index (χ0) is 20.4. The van der Waals surface area contributed by atoms with Crippen LogP contribution in [0.25, 0.3) is 0 Å². The normalized spacial score (nSPS) is 16.8. The second kappa shape index (κ2) is 14.0. The Morgan fingerprint density at radius 2 is 1.83 bits per heavy atom. The van der Waals surface area contributed by atoms with Crippen LogP contribution in [0.1, 0.15) is 26.3 Å². The molecule has 0 amide bonds. The van der Waals surface area contributed by atoms with Gasteiger partial charge in [-0.3, -0.25) is 4.99 Å². The van der Waals surface area contributed by atoms with E-state index in [4.69, 9.17) is 9.73 Å². The number of nitrogens with one attached hydrogen (secondary N) is 1. The summed E-state index contributed by atoms with van der Waals surface area (Å²) in [5.41, 5.74) is 1.17. The number of hydrogen-bond donors (Lipinski definition) is 1. The fraction of sp³-hybridized carbons (Fsp3) is 0.682. The molecule has 2 rings (SSSR count). The first-order valence-corrected chi connectivity index (χ1v) is 10.6.